The number of nitrogens with zero attached hydrogens (tertiary/aromatic N) is 1. The highest BCUT2D eigenvalue weighted by Crippen LogP contribution is 2.03. The van der Waals surface area contributed by atoms with Crippen molar-refractivity contribution in [3.05, 3.63) is 0 Å². The number of nitrogens with two attached hydrogens (primary N) is 1. The molecule has 0 aromatic carbocycles. The summed E-state index contributed by atoms with van der Waals surface area (Å²) in [6.07, 6.45) is 0.957. The van der Waals surface area contributed by atoms with E-state index in [0.717, 1.165) is 19.5 Å². The molecule has 1 heterocycles. The van der Waals surface area contributed by atoms with Crippen LogP contribution in [0.4, 0.5) is 0 Å². The van der Waals surface area contributed by atoms with Gasteiger partial charge >= 0.3 is 0 Å². The molecule has 1 unspecified atom stereocenters. The Morgan fingerprint density at radius 1 is 1.77 bits per heavy atom. The van der Waals surface area contributed by atoms with Crippen LogP contribution >= 0.6 is 12.2 Å². The first-order chi connectivity index (χ1) is 6.11. The van der Waals surface area contributed by atoms with Crippen LogP contribution < -0.4 is 11.1 Å². The third-order valence-corrected chi connectivity index (χ3v) is 2.59. The van der Waals surface area contributed by atoms with E-state index in [-0.39, 0.29) is 11.9 Å². The summed E-state index contributed by atoms with van der Waals surface area (Å²) >= 11 is 4.89. The van der Waals surface area contributed by atoms with Crippen molar-refractivity contribution < 1.29 is 4.79 Å². The van der Waals surface area contributed by atoms with Crippen molar-refractivity contribution in [1.82, 2.24) is 10.2 Å². The number of carbonyl (C=O) groups is 1. The first kappa shape index (κ1) is 10.4. The lowest BCUT2D eigenvalue weighted by Gasteiger charge is -2.25. The second-order valence-electron chi connectivity index (χ2n) is 3.25. The van der Waals surface area contributed by atoms with E-state index in [4.69, 9.17) is 18.0 Å². The van der Waals surface area contributed by atoms with Crippen LogP contribution in [0.1, 0.15) is 13.3 Å². The van der Waals surface area contributed by atoms with Gasteiger partial charge in [-0.3, -0.25) is 9.69 Å². The molecule has 0 aromatic rings. The Labute approximate surface area is 83.5 Å². The monoisotopic (exact) mass is 201 g/mol. The molecule has 1 amide bonds. The molecule has 0 aliphatic carbocycles. The van der Waals surface area contributed by atoms with Crippen molar-refractivity contribution in [2.75, 3.05) is 19.6 Å². The number of rotatable bonds is 2. The van der Waals surface area contributed by atoms with Crippen molar-refractivity contribution >= 4 is 23.1 Å². The third kappa shape index (κ3) is 2.93. The number of carbonyl (C=O) groups excluding carboxylic acids is 1. The fourth-order valence-corrected chi connectivity index (χ4v) is 1.49. The van der Waals surface area contributed by atoms with E-state index in [0.29, 0.717) is 11.5 Å². The number of amides is 1. The molecule has 1 rings (SSSR count). The Kier molecular flexibility index (Phi) is 3.62. The maximum Gasteiger partial charge on any atom is 0.234 e. The molecule has 1 saturated heterocycles. The summed E-state index contributed by atoms with van der Waals surface area (Å²) < 4.78 is 0. The lowest BCUT2D eigenvalue weighted by Crippen LogP contribution is -2.44. The number of nitrogens with one attached hydrogen (secondary N) is 1. The molecule has 74 valence electrons. The summed E-state index contributed by atoms with van der Waals surface area (Å²) in [5.74, 6) is 0.0561. The van der Waals surface area contributed by atoms with E-state index in [1.54, 1.807) is 0 Å². The molecule has 13 heavy (non-hydrogen) atoms. The van der Waals surface area contributed by atoms with Gasteiger partial charge in [0.25, 0.3) is 0 Å². The Hall–Kier alpha value is -0.680. The van der Waals surface area contributed by atoms with E-state index in [1.165, 1.54) is 0 Å². The maximum atomic E-state index is 11.2. The van der Waals surface area contributed by atoms with Crippen LogP contribution in [0.15, 0.2) is 0 Å². The summed E-state index contributed by atoms with van der Waals surface area (Å²) in [5.41, 5.74) is 5.52. The molecule has 5 heteroatoms. The highest BCUT2D eigenvalue weighted by Gasteiger charge is 2.20. The lowest BCUT2D eigenvalue weighted by molar-refractivity contribution is -0.121. The second kappa shape index (κ2) is 4.53. The minimum absolute atomic E-state index is 0.0128. The van der Waals surface area contributed by atoms with Crippen LogP contribution in [-0.2, 0) is 4.79 Å². The Morgan fingerprint density at radius 3 is 3.08 bits per heavy atom. The van der Waals surface area contributed by atoms with E-state index in [2.05, 4.69) is 5.32 Å². The average molecular weight is 201 g/mol. The van der Waals surface area contributed by atoms with Gasteiger partial charge in [0.2, 0.25) is 5.91 Å². The second-order valence-corrected chi connectivity index (χ2v) is 3.72. The molecule has 0 radical (unpaired) electrons. The fraction of sp³-hybridized carbons (Fsp3) is 0.750. The summed E-state index contributed by atoms with van der Waals surface area (Å²) in [7, 11) is 0. The highest BCUT2D eigenvalue weighted by molar-refractivity contribution is 7.80. The Morgan fingerprint density at radius 2 is 2.46 bits per heavy atom. The standard InChI is InChI=1S/C8H15N3OS/c1-6(8(9)13)11-4-2-3-10-7(12)5-11/h6H,2-5H2,1H3,(H2,9,13)(H,10,12). The molecule has 0 aromatic heterocycles. The smallest absolute Gasteiger partial charge is 0.234 e. The summed E-state index contributed by atoms with van der Waals surface area (Å²) in [6.45, 7) is 3.95. The van der Waals surface area contributed by atoms with Gasteiger partial charge in [-0.25, -0.2) is 0 Å². The molecule has 3 N–H and O–H groups in total. The van der Waals surface area contributed by atoms with Gasteiger partial charge in [-0.15, -0.1) is 0 Å². The summed E-state index contributed by atoms with van der Waals surface area (Å²) in [6, 6.07) is 0.0128. The van der Waals surface area contributed by atoms with Gasteiger partial charge in [0, 0.05) is 13.1 Å². The Balaban J connectivity index is 2.56. The van der Waals surface area contributed by atoms with Crippen LogP contribution in [0, 0.1) is 0 Å². The van der Waals surface area contributed by atoms with Gasteiger partial charge in [0.05, 0.1) is 17.6 Å². The zero-order valence-electron chi connectivity index (χ0n) is 7.75. The fourth-order valence-electron chi connectivity index (χ4n) is 1.34. The van der Waals surface area contributed by atoms with Crippen molar-refractivity contribution in [2.45, 2.75) is 19.4 Å². The van der Waals surface area contributed by atoms with E-state index in [1.807, 2.05) is 11.8 Å². The summed E-state index contributed by atoms with van der Waals surface area (Å²) in [5, 5.41) is 2.80. The van der Waals surface area contributed by atoms with Crippen LogP contribution in [0.2, 0.25) is 0 Å². The minimum atomic E-state index is 0.0128. The topological polar surface area (TPSA) is 58.4 Å². The zero-order chi connectivity index (χ0) is 9.84. The first-order valence-electron chi connectivity index (χ1n) is 4.41. The zero-order valence-corrected chi connectivity index (χ0v) is 8.56. The van der Waals surface area contributed by atoms with Gasteiger partial charge in [-0.1, -0.05) is 12.2 Å². The maximum absolute atomic E-state index is 11.2. The highest BCUT2D eigenvalue weighted by atomic mass is 32.1. The third-order valence-electron chi connectivity index (χ3n) is 2.25. The van der Waals surface area contributed by atoms with E-state index < -0.39 is 0 Å². The molecule has 1 aliphatic heterocycles. The molecule has 0 spiro atoms. The molecule has 0 saturated carbocycles. The predicted octanol–water partition coefficient (Wildman–Crippen LogP) is -0.517. The van der Waals surface area contributed by atoms with E-state index >= 15 is 0 Å². The van der Waals surface area contributed by atoms with Gasteiger partial charge in [-0.05, 0) is 13.3 Å². The van der Waals surface area contributed by atoms with Crippen LogP contribution in [-0.4, -0.2) is 41.5 Å². The normalized spacial score (nSPS) is 21.8. The van der Waals surface area contributed by atoms with E-state index in [9.17, 15) is 4.79 Å². The summed E-state index contributed by atoms with van der Waals surface area (Å²) in [4.78, 5) is 13.6. The first-order valence-corrected chi connectivity index (χ1v) is 4.82. The van der Waals surface area contributed by atoms with Crippen molar-refractivity contribution in [2.24, 2.45) is 5.73 Å². The average Bonchev–Trinajstić information content (AvgIpc) is 2.28. The quantitative estimate of drug-likeness (QED) is 0.590. The molecule has 0 bridgehead atoms. The van der Waals surface area contributed by atoms with Crippen molar-refractivity contribution in [3.63, 3.8) is 0 Å². The number of hydrogen-bond acceptors (Lipinski definition) is 3. The Bertz CT molecular complexity index is 219. The van der Waals surface area contributed by atoms with Crippen LogP contribution in [0.5, 0.6) is 0 Å². The molecule has 1 atom stereocenters. The van der Waals surface area contributed by atoms with Crippen LogP contribution in [0.3, 0.4) is 0 Å². The molecular weight excluding hydrogens is 186 g/mol. The molecular formula is C8H15N3OS. The van der Waals surface area contributed by atoms with Gasteiger partial charge in [0.1, 0.15) is 0 Å². The molecule has 1 aliphatic rings. The van der Waals surface area contributed by atoms with Gasteiger partial charge < -0.3 is 11.1 Å². The molecule has 4 nitrogen and oxygen atoms in total. The number of hydrogen-bond donors (Lipinski definition) is 2. The number of thiocarbonyl (C=S) groups is 1. The minimum Gasteiger partial charge on any atom is -0.392 e. The SMILES string of the molecule is CC(C(N)=S)N1CCCNC(=O)C1. The lowest BCUT2D eigenvalue weighted by atomic mass is 10.2. The van der Waals surface area contributed by atoms with Gasteiger partial charge in [-0.2, -0.15) is 0 Å². The molecule has 1 fully saturated rings. The van der Waals surface area contributed by atoms with Gasteiger partial charge in [0.15, 0.2) is 0 Å². The predicted molar refractivity (Wildman–Crippen MR) is 55.4 cm³/mol. The van der Waals surface area contributed by atoms with Crippen molar-refractivity contribution in [3.8, 4) is 0 Å². The van der Waals surface area contributed by atoms with Crippen LogP contribution in [0.25, 0.3) is 0 Å². The largest absolute Gasteiger partial charge is 0.392 e. The van der Waals surface area contributed by atoms with Crippen molar-refractivity contribution in [1.29, 1.82) is 0 Å².